The van der Waals surface area contributed by atoms with E-state index in [-0.39, 0.29) is 17.8 Å². The summed E-state index contributed by atoms with van der Waals surface area (Å²) in [5.41, 5.74) is 2.62. The maximum Gasteiger partial charge on any atom is 0.269 e. The largest absolute Gasteiger partial charge is 0.379 e. The van der Waals surface area contributed by atoms with E-state index in [2.05, 4.69) is 20.4 Å². The van der Waals surface area contributed by atoms with Crippen LogP contribution in [0, 0.1) is 5.82 Å². The maximum atomic E-state index is 13.1. The Morgan fingerprint density at radius 3 is 2.67 bits per heavy atom. The first-order valence-corrected chi connectivity index (χ1v) is 10.2. The Hall–Kier alpha value is -2.74. The Bertz CT molecular complexity index is 1000. The van der Waals surface area contributed by atoms with E-state index in [1.165, 1.54) is 12.1 Å². The Kier molecular flexibility index (Phi) is 6.42. The lowest BCUT2D eigenvalue weighted by Gasteiger charge is -2.35. The zero-order valence-corrected chi connectivity index (χ0v) is 17.0. The van der Waals surface area contributed by atoms with Crippen LogP contribution in [0.15, 0.2) is 54.6 Å². The molecule has 0 aliphatic carbocycles. The number of carbonyl (C=O) groups is 1. The summed E-state index contributed by atoms with van der Waals surface area (Å²) < 4.78 is 18.6. The van der Waals surface area contributed by atoms with Gasteiger partial charge in [0.2, 0.25) is 0 Å². The van der Waals surface area contributed by atoms with Crippen LogP contribution in [0.3, 0.4) is 0 Å². The van der Waals surface area contributed by atoms with E-state index >= 15 is 0 Å². The second kappa shape index (κ2) is 9.38. The van der Waals surface area contributed by atoms with Gasteiger partial charge >= 0.3 is 0 Å². The molecule has 1 saturated heterocycles. The molecule has 1 fully saturated rings. The van der Waals surface area contributed by atoms with Crippen LogP contribution < -0.4 is 5.32 Å². The number of benzene rings is 2. The van der Waals surface area contributed by atoms with Crippen molar-refractivity contribution in [1.29, 1.82) is 0 Å². The van der Waals surface area contributed by atoms with Crippen molar-refractivity contribution in [3.05, 3.63) is 76.7 Å². The van der Waals surface area contributed by atoms with Gasteiger partial charge in [-0.3, -0.25) is 14.8 Å². The minimum Gasteiger partial charge on any atom is -0.379 e. The van der Waals surface area contributed by atoms with Crippen LogP contribution in [0.1, 0.15) is 22.1 Å². The van der Waals surface area contributed by atoms with Gasteiger partial charge in [0.25, 0.3) is 5.91 Å². The molecule has 0 saturated carbocycles. The highest BCUT2D eigenvalue weighted by Gasteiger charge is 2.25. The predicted molar refractivity (Wildman–Crippen MR) is 113 cm³/mol. The number of halogens is 2. The first-order valence-electron chi connectivity index (χ1n) is 9.77. The molecule has 1 aliphatic heterocycles. The molecule has 2 heterocycles. The number of hydrogen-bond acceptors (Lipinski definition) is 4. The summed E-state index contributed by atoms with van der Waals surface area (Å²) in [7, 11) is 0. The lowest BCUT2D eigenvalue weighted by Crippen LogP contribution is -2.44. The second-order valence-electron chi connectivity index (χ2n) is 7.07. The van der Waals surface area contributed by atoms with Gasteiger partial charge in [-0.2, -0.15) is 5.10 Å². The monoisotopic (exact) mass is 428 g/mol. The first-order chi connectivity index (χ1) is 14.6. The number of aromatic nitrogens is 2. The van der Waals surface area contributed by atoms with Gasteiger partial charge in [0.15, 0.2) is 0 Å². The number of amides is 1. The number of H-pyrrole nitrogens is 1. The van der Waals surface area contributed by atoms with Gasteiger partial charge in [-0.05, 0) is 42.0 Å². The van der Waals surface area contributed by atoms with Gasteiger partial charge in [0.1, 0.15) is 11.5 Å². The molecule has 1 atom stereocenters. The van der Waals surface area contributed by atoms with E-state index in [4.69, 9.17) is 16.3 Å². The third-order valence-corrected chi connectivity index (χ3v) is 5.51. The fourth-order valence-electron chi connectivity index (χ4n) is 3.56. The summed E-state index contributed by atoms with van der Waals surface area (Å²) >= 11 is 6.44. The Morgan fingerprint density at radius 2 is 1.93 bits per heavy atom. The molecule has 156 valence electrons. The van der Waals surface area contributed by atoms with Crippen molar-refractivity contribution in [2.24, 2.45) is 0 Å². The topological polar surface area (TPSA) is 70.2 Å². The molecule has 1 amide bonds. The van der Waals surface area contributed by atoms with Crippen LogP contribution in [0.25, 0.3) is 11.3 Å². The molecule has 8 heteroatoms. The van der Waals surface area contributed by atoms with Gasteiger partial charge in [0.05, 0.1) is 24.9 Å². The van der Waals surface area contributed by atoms with Crippen molar-refractivity contribution in [2.45, 2.75) is 6.04 Å². The minimum absolute atomic E-state index is 0.0639. The molecular formula is C22H22ClFN4O2. The summed E-state index contributed by atoms with van der Waals surface area (Å²) in [6.45, 7) is 3.23. The molecule has 6 nitrogen and oxygen atoms in total. The molecular weight excluding hydrogens is 407 g/mol. The van der Waals surface area contributed by atoms with Crippen molar-refractivity contribution in [2.75, 3.05) is 32.8 Å². The number of carbonyl (C=O) groups excluding carboxylic acids is 1. The van der Waals surface area contributed by atoms with E-state index in [1.54, 1.807) is 18.2 Å². The van der Waals surface area contributed by atoms with E-state index in [9.17, 15) is 9.18 Å². The third kappa shape index (κ3) is 4.70. The van der Waals surface area contributed by atoms with Crippen molar-refractivity contribution in [3.63, 3.8) is 0 Å². The maximum absolute atomic E-state index is 13.1. The molecule has 0 radical (unpaired) electrons. The molecule has 2 N–H and O–H groups in total. The Morgan fingerprint density at radius 1 is 1.20 bits per heavy atom. The van der Waals surface area contributed by atoms with Crippen LogP contribution in [-0.2, 0) is 4.74 Å². The van der Waals surface area contributed by atoms with Gasteiger partial charge in [0, 0.05) is 30.2 Å². The Labute approximate surface area is 179 Å². The van der Waals surface area contributed by atoms with Crippen LogP contribution in [0.2, 0.25) is 5.02 Å². The van der Waals surface area contributed by atoms with Gasteiger partial charge in [-0.1, -0.05) is 29.8 Å². The summed E-state index contributed by atoms with van der Waals surface area (Å²) in [4.78, 5) is 15.0. The SMILES string of the molecule is O=C(NCC(c1ccccc1Cl)N1CCOCC1)c1cc(-c2ccc(F)cc2)n[nH]1. The lowest BCUT2D eigenvalue weighted by molar-refractivity contribution is 0.0162. The third-order valence-electron chi connectivity index (χ3n) is 5.17. The van der Waals surface area contributed by atoms with Crippen molar-refractivity contribution in [3.8, 4) is 11.3 Å². The van der Waals surface area contributed by atoms with Crippen molar-refractivity contribution < 1.29 is 13.9 Å². The van der Waals surface area contributed by atoms with Crippen LogP contribution in [0.4, 0.5) is 4.39 Å². The highest BCUT2D eigenvalue weighted by atomic mass is 35.5. The summed E-state index contributed by atoms with van der Waals surface area (Å²) in [6.07, 6.45) is 0. The number of nitrogens with one attached hydrogen (secondary N) is 2. The van der Waals surface area contributed by atoms with Gasteiger partial charge in [-0.25, -0.2) is 4.39 Å². The number of aromatic amines is 1. The molecule has 1 aromatic heterocycles. The molecule has 1 unspecified atom stereocenters. The lowest BCUT2D eigenvalue weighted by atomic mass is 10.0. The van der Waals surface area contributed by atoms with Gasteiger partial charge in [-0.15, -0.1) is 0 Å². The highest BCUT2D eigenvalue weighted by molar-refractivity contribution is 6.31. The second-order valence-corrected chi connectivity index (χ2v) is 7.48. The molecule has 1 aliphatic rings. The standard InChI is InChI=1S/C22H22ClFN4O2/c23-18-4-2-1-3-17(18)21(28-9-11-30-12-10-28)14-25-22(29)20-13-19(26-27-20)15-5-7-16(24)8-6-15/h1-8,13,21H,9-12,14H2,(H,25,29)(H,26,27). The number of hydrogen-bond donors (Lipinski definition) is 2. The number of rotatable bonds is 6. The molecule has 3 aromatic rings. The molecule has 0 bridgehead atoms. The van der Waals surface area contributed by atoms with Crippen LogP contribution >= 0.6 is 11.6 Å². The average molecular weight is 429 g/mol. The molecule has 0 spiro atoms. The van der Waals surface area contributed by atoms with Gasteiger partial charge < -0.3 is 10.1 Å². The number of nitrogens with zero attached hydrogens (tertiary/aromatic N) is 2. The zero-order chi connectivity index (χ0) is 20.9. The fraction of sp³-hybridized carbons (Fsp3) is 0.273. The predicted octanol–water partition coefficient (Wildman–Crippen LogP) is 3.67. The minimum atomic E-state index is -0.319. The molecule has 4 rings (SSSR count). The van der Waals surface area contributed by atoms with Crippen LogP contribution in [0.5, 0.6) is 0 Å². The van der Waals surface area contributed by atoms with Crippen LogP contribution in [-0.4, -0.2) is 53.9 Å². The molecule has 30 heavy (non-hydrogen) atoms. The van der Waals surface area contributed by atoms with E-state index in [0.717, 1.165) is 24.2 Å². The van der Waals surface area contributed by atoms with Crippen molar-refractivity contribution >= 4 is 17.5 Å². The highest BCUT2D eigenvalue weighted by Crippen LogP contribution is 2.28. The number of morpholine rings is 1. The van der Waals surface area contributed by atoms with E-state index in [0.29, 0.717) is 36.2 Å². The Balaban J connectivity index is 1.47. The van der Waals surface area contributed by atoms with Crippen molar-refractivity contribution in [1.82, 2.24) is 20.4 Å². The normalized spacial score (nSPS) is 15.7. The molecule has 2 aromatic carbocycles. The summed E-state index contributed by atoms with van der Waals surface area (Å²) in [5.74, 6) is -0.581. The summed E-state index contributed by atoms with van der Waals surface area (Å²) in [6, 6.07) is 15.2. The number of ether oxygens (including phenoxy) is 1. The first kappa shape index (κ1) is 20.5. The quantitative estimate of drug-likeness (QED) is 0.628. The van der Waals surface area contributed by atoms with E-state index < -0.39 is 0 Å². The smallest absolute Gasteiger partial charge is 0.269 e. The average Bonchev–Trinajstić information content (AvgIpc) is 3.26. The summed E-state index contributed by atoms with van der Waals surface area (Å²) in [5, 5.41) is 10.6. The fourth-order valence-corrected chi connectivity index (χ4v) is 3.82. The zero-order valence-electron chi connectivity index (χ0n) is 16.3. The van der Waals surface area contributed by atoms with E-state index in [1.807, 2.05) is 24.3 Å².